The molecule has 0 bridgehead atoms. The molecular weight excluding hydrogens is 1740 g/mol. The zero-order valence-electron chi connectivity index (χ0n) is 77.6. The number of aliphatic hydroxyl groups is 1. The number of benzene rings is 4. The quantitative estimate of drug-likeness (QED) is 0.0193. The van der Waals surface area contributed by atoms with E-state index in [2.05, 4.69) is 79.4 Å². The number of aromatic amines is 1. The molecule has 0 radical (unpaired) electrons. The van der Waals surface area contributed by atoms with E-state index in [-0.39, 0.29) is 128 Å². The maximum absolute atomic E-state index is 16.4. The molecule has 2 heterocycles. The summed E-state index contributed by atoms with van der Waals surface area (Å²) in [6, 6.07) is 6.30. The minimum atomic E-state index is -2.00. The Balaban J connectivity index is 1.55. The fraction of sp³-hybridized carbons (Fsp3) is 0.554. The van der Waals surface area contributed by atoms with Crippen LogP contribution in [0.2, 0.25) is 0 Å². The number of para-hydroxylation sites is 1. The molecule has 724 valence electrons. The van der Waals surface area contributed by atoms with E-state index in [9.17, 15) is 57.8 Å². The Hall–Kier alpha value is -11.7. The van der Waals surface area contributed by atoms with Crippen LogP contribution in [0.1, 0.15) is 196 Å². The Morgan fingerprint density at radius 1 is 0.568 bits per heavy atom. The molecule has 1 saturated heterocycles. The van der Waals surface area contributed by atoms with E-state index in [4.69, 9.17) is 27.7 Å². The minimum Gasteiger partial charge on any atom is -0.492 e. The first kappa shape index (κ1) is 109. The molecule has 40 heteroatoms. The number of primary amides is 2. The van der Waals surface area contributed by atoms with Crippen molar-refractivity contribution in [2.45, 2.75) is 287 Å². The summed E-state index contributed by atoms with van der Waals surface area (Å²) < 4.78 is 2.60. The van der Waals surface area contributed by atoms with E-state index >= 15 is 28.8 Å². The van der Waals surface area contributed by atoms with E-state index in [1.807, 2.05) is 37.3 Å². The summed E-state index contributed by atoms with van der Waals surface area (Å²) in [4.78, 5) is 248. The third kappa shape index (κ3) is 34.8. The van der Waals surface area contributed by atoms with Crippen molar-refractivity contribution in [1.29, 1.82) is 0 Å². The first-order chi connectivity index (χ1) is 62.3. The second-order valence-electron chi connectivity index (χ2n) is 35.2. The number of rotatable bonds is 46. The lowest BCUT2D eigenvalue weighted by Gasteiger charge is -2.39. The van der Waals surface area contributed by atoms with E-state index in [0.29, 0.717) is 40.7 Å². The van der Waals surface area contributed by atoms with Crippen LogP contribution in [0.25, 0.3) is 21.7 Å². The number of hydrogen-bond donors (Lipinski definition) is 20. The second kappa shape index (κ2) is 52.5. The monoisotopic (exact) mass is 1870 g/mol. The lowest BCUT2D eigenvalue weighted by Crippen LogP contribution is -2.65. The Kier molecular flexibility index (Phi) is 43.3. The number of unbranched alkanes of at least 4 members (excludes halogenated alkanes) is 3. The van der Waals surface area contributed by atoms with Crippen LogP contribution in [0.15, 0.2) is 91.1 Å². The number of H-pyrrole nitrogens is 1. The number of hydrogen-bond acceptors (Lipinski definition) is 23. The van der Waals surface area contributed by atoms with Gasteiger partial charge in [0.15, 0.2) is 0 Å². The number of ketones is 1. The molecule has 6 rings (SSSR count). The molecule has 0 saturated carbocycles. The van der Waals surface area contributed by atoms with Gasteiger partial charge in [-0.3, -0.25) is 81.5 Å². The van der Waals surface area contributed by atoms with Gasteiger partial charge in [-0.2, -0.15) is 0 Å². The Morgan fingerprint density at radius 2 is 1.15 bits per heavy atom. The molecule has 5 aromatic rings. The van der Waals surface area contributed by atoms with Crippen LogP contribution < -0.4 is 102 Å². The van der Waals surface area contributed by atoms with Gasteiger partial charge in [-0.05, 0) is 177 Å². The Labute approximate surface area is 777 Å². The summed E-state index contributed by atoms with van der Waals surface area (Å²) in [5.74, 6) is -15.0. The average molecular weight is 1880 g/mol. The van der Waals surface area contributed by atoms with E-state index in [1.54, 1.807) is 88.5 Å². The van der Waals surface area contributed by atoms with Crippen LogP contribution in [-0.4, -0.2) is 231 Å². The van der Waals surface area contributed by atoms with Gasteiger partial charge in [0, 0.05) is 92.7 Å². The van der Waals surface area contributed by atoms with Gasteiger partial charge in [-0.25, -0.2) is 0 Å². The van der Waals surface area contributed by atoms with Crippen LogP contribution in [-0.2, 0) is 107 Å². The van der Waals surface area contributed by atoms with Crippen molar-refractivity contribution in [3.05, 3.63) is 113 Å². The summed E-state index contributed by atoms with van der Waals surface area (Å²) in [6.45, 7) is 19.9. The predicted molar refractivity (Wildman–Crippen MR) is 503 cm³/mol. The highest BCUT2D eigenvalue weighted by Crippen LogP contribution is 2.47. The summed E-state index contributed by atoms with van der Waals surface area (Å²) >= 11 is 0. The van der Waals surface area contributed by atoms with Crippen LogP contribution in [0, 0.1) is 5.92 Å². The molecule has 4 aromatic carbocycles. The topological polar surface area (TPSA) is 608 Å². The smallest absolute Gasteiger partial charge is 0.246 e. The lowest BCUT2D eigenvalue weighted by molar-refractivity contribution is -0.138. The lowest BCUT2D eigenvalue weighted by atomic mass is 9.91. The van der Waals surface area contributed by atoms with Crippen LogP contribution in [0.5, 0.6) is 5.75 Å². The molecule has 1 fully saturated rings. The van der Waals surface area contributed by atoms with Gasteiger partial charge in [0.05, 0.1) is 12.5 Å². The fourth-order valence-electron chi connectivity index (χ4n) is 15.1. The second-order valence-corrected chi connectivity index (χ2v) is 38.7. The number of carbonyl (C=O) groups excluding carboxylic acids is 17. The van der Waals surface area contributed by atoms with Crippen molar-refractivity contribution in [2.75, 3.05) is 32.8 Å². The molecule has 0 unspecified atom stereocenters. The number of aryl methyl sites for hydroxylation is 1. The van der Waals surface area contributed by atoms with Gasteiger partial charge in [-0.1, -0.05) is 122 Å². The van der Waals surface area contributed by atoms with Crippen molar-refractivity contribution >= 4 is 144 Å². The molecule has 132 heavy (non-hydrogen) atoms. The molecule has 1 aliphatic rings. The molecule has 13 atom stereocenters. The maximum atomic E-state index is 16.4. The number of nitrogens with two attached hydrogens (primary N) is 4. The van der Waals surface area contributed by atoms with Gasteiger partial charge in [0.25, 0.3) is 0 Å². The molecular formula is C92H135N19O19S2. The van der Waals surface area contributed by atoms with Crippen LogP contribution >= 0.6 is 21.6 Å². The largest absolute Gasteiger partial charge is 0.492 e. The third-order valence-electron chi connectivity index (χ3n) is 22.2. The maximum Gasteiger partial charge on any atom is 0.246 e. The van der Waals surface area contributed by atoms with Crippen molar-refractivity contribution in [3.63, 3.8) is 0 Å². The van der Waals surface area contributed by atoms with Crippen molar-refractivity contribution < 1.29 is 91.4 Å². The van der Waals surface area contributed by atoms with Gasteiger partial charge < -0.3 is 112 Å². The molecule has 0 aliphatic carbocycles. The van der Waals surface area contributed by atoms with Crippen molar-refractivity contribution in [3.8, 4) is 5.75 Å². The number of carbonyl (C=O) groups is 17. The molecule has 38 nitrogen and oxygen atoms in total. The van der Waals surface area contributed by atoms with Crippen molar-refractivity contribution in [2.24, 2.45) is 28.9 Å². The van der Waals surface area contributed by atoms with Gasteiger partial charge in [-0.15, -0.1) is 0 Å². The number of nitrogens with one attached hydrogen (secondary N) is 15. The number of amides is 16. The number of Topliss-reactive ketones (excluding diaryl/α,β-unsaturated/α-hetero) is 1. The van der Waals surface area contributed by atoms with E-state index in [0.717, 1.165) is 63.7 Å². The van der Waals surface area contributed by atoms with Gasteiger partial charge >= 0.3 is 0 Å². The molecule has 1 aromatic heterocycles. The zero-order chi connectivity index (χ0) is 97.9. The van der Waals surface area contributed by atoms with Crippen molar-refractivity contribution in [1.82, 2.24) is 79.4 Å². The minimum absolute atomic E-state index is 0.113. The molecule has 24 N–H and O–H groups in total. The summed E-state index contributed by atoms with van der Waals surface area (Å²) in [5, 5.41) is 51.4. The average Bonchev–Trinajstić information content (AvgIpc) is 0.903. The molecule has 1 aliphatic heterocycles. The fourth-order valence-corrected chi connectivity index (χ4v) is 17.9. The number of aliphatic hydroxyl groups excluding tert-OH is 1. The third-order valence-corrected chi connectivity index (χ3v) is 26.5. The number of aromatic nitrogens is 1. The van der Waals surface area contributed by atoms with Gasteiger partial charge in [0.2, 0.25) is 94.5 Å². The SMILES string of the molecule is CCCc1cccc2c(C[C@@H]3NC(=O)[C@H]([C@@H](C)O)NC(=O)[C@H](CC(N)=O)NC(=O)[C@@H](NC(C)=O)C(C)(C)SSC(C)(C)[C@@H](C(=O)N[C@@H](Cc4ccc(OCCN)cc4)C(=O)N[C@@H](Cc4ccc5ccccc5c4)C(=O)N[C@@](C)(CCCCN)C(=O)N[C@@H](CCCCNC(C)=O)C(=O)N[C@@H](CC(C)=O)C(=O)N[C@H](CC(C)C)C(N)=O)NC(=O)[C@H](CCCCNC(C)=O)NC3=O)c[nH]c12. The molecule has 16 amide bonds. The highest BCUT2D eigenvalue weighted by atomic mass is 33.1. The van der Waals surface area contributed by atoms with E-state index in [1.165, 1.54) is 41.5 Å². The van der Waals surface area contributed by atoms with Crippen LogP contribution in [0.3, 0.4) is 0 Å². The Bertz CT molecular complexity index is 4870. The Morgan fingerprint density at radius 3 is 1.77 bits per heavy atom. The van der Waals surface area contributed by atoms with Crippen LogP contribution in [0.4, 0.5) is 0 Å². The number of ether oxygens (including phenoxy) is 1. The standard InChI is InChI=1S/C92H135N19O19S2/c1-14-24-60-27-23-28-64-62(50-99-75(60)64)48-71-83(123)101-65(29-17-21-40-97-54(6)114)80(120)110-77(91(11,12)132-131-90(9,10)76(100-56(8)116)87(127)107-72(49-73(95)117)84(124)109-74(53(5)113)86(126)105-71)88(128)106-69(46-57-32-35-63(36-33-57)130-42-39-94)82(122)104-70(47-58-31-34-59-25-15-16-26-61(59)45-58)85(125)111-92(13,37-19-20-38-93)89(129)108-66(30-18-22-41-98-55(7)115)79(119)103-68(44-52(4)112)81(121)102-67(78(96)118)43-51(2)3/h15-16,23,25-28,31-36,45,50-51,53,65-72,74,76-77,99,113H,14,17-22,24,29-30,37-44,46-49,93-94H2,1-13H3,(H2,95,117)(H2,96,118)(H,97,114)(H,98,115)(H,100,116)(H,101,123)(H,102,121)(H,103,119)(H,104,122)(H,105,126)(H,106,128)(H,107,127)(H,108,129)(H,109,124)(H,110,120)(H,111,125)/t53-,65+,66+,67-,68+,69+,70+,71+,72+,74+,76-,77-,92+/m1/s1. The highest BCUT2D eigenvalue weighted by Gasteiger charge is 2.47. The van der Waals surface area contributed by atoms with Gasteiger partial charge in [0.1, 0.15) is 90.1 Å². The normalized spacial score (nSPS) is 19.2. The highest BCUT2D eigenvalue weighted by molar-refractivity contribution is 8.77. The van der Waals surface area contributed by atoms with E-state index < -0.39 is 189 Å². The summed E-state index contributed by atoms with van der Waals surface area (Å²) in [7, 11) is 1.83. The first-order valence-corrected chi connectivity index (χ1v) is 46.9. The summed E-state index contributed by atoms with van der Waals surface area (Å²) in [6.07, 6.45) is -0.167. The zero-order valence-corrected chi connectivity index (χ0v) is 79.3. The first-order valence-electron chi connectivity index (χ1n) is 44.7. The predicted octanol–water partition coefficient (Wildman–Crippen LogP) is 1.33. The number of fused-ring (bicyclic) bond motifs is 2. The molecule has 0 spiro atoms. The summed E-state index contributed by atoms with van der Waals surface area (Å²) in [5.41, 5.74) is 24.3.